The summed E-state index contributed by atoms with van der Waals surface area (Å²) in [4.78, 5) is 0. The van der Waals surface area contributed by atoms with E-state index >= 15 is 0 Å². The Kier molecular flexibility index (Phi) is 4.06. The van der Waals surface area contributed by atoms with Gasteiger partial charge in [0.1, 0.15) is 5.82 Å². The van der Waals surface area contributed by atoms with Crippen molar-refractivity contribution in [1.82, 2.24) is 15.1 Å². The van der Waals surface area contributed by atoms with Gasteiger partial charge in [0, 0.05) is 36.5 Å². The van der Waals surface area contributed by atoms with Crippen molar-refractivity contribution < 1.29 is 4.39 Å². The number of benzene rings is 1. The Hall–Kier alpha value is -1.68. The first-order valence-electron chi connectivity index (χ1n) is 7.73. The van der Waals surface area contributed by atoms with Crippen LogP contribution in [0.3, 0.4) is 0 Å². The monoisotopic (exact) mass is 287 g/mol. The second-order valence-electron chi connectivity index (χ2n) is 5.86. The summed E-state index contributed by atoms with van der Waals surface area (Å²) in [5.74, 6) is -0.163. The lowest BCUT2D eigenvalue weighted by Gasteiger charge is -2.06. The Morgan fingerprint density at radius 1 is 1.33 bits per heavy atom. The van der Waals surface area contributed by atoms with Gasteiger partial charge in [-0.3, -0.25) is 4.68 Å². The Bertz CT molecular complexity index is 629. The standard InChI is InChI=1S/C17H22FN3/c1-3-8-21-11-16(12(2)20-21)15-7-4-13(9-17(15)18)10-19-14-5-6-14/h4,7,9,11,14,19H,3,5-6,8,10H2,1-2H3. The molecule has 1 saturated carbocycles. The van der Waals surface area contributed by atoms with E-state index in [1.165, 1.54) is 12.8 Å². The first kappa shape index (κ1) is 14.3. The van der Waals surface area contributed by atoms with Gasteiger partial charge >= 0.3 is 0 Å². The Morgan fingerprint density at radius 2 is 2.14 bits per heavy atom. The maximum atomic E-state index is 14.4. The highest BCUT2D eigenvalue weighted by Gasteiger charge is 2.20. The Labute approximate surface area is 125 Å². The summed E-state index contributed by atoms with van der Waals surface area (Å²) >= 11 is 0. The summed E-state index contributed by atoms with van der Waals surface area (Å²) in [6, 6.07) is 6.16. The Morgan fingerprint density at radius 3 is 2.81 bits per heavy atom. The molecule has 1 aliphatic carbocycles. The van der Waals surface area contributed by atoms with Crippen molar-refractivity contribution in [3.63, 3.8) is 0 Å². The zero-order valence-electron chi connectivity index (χ0n) is 12.7. The molecule has 0 aliphatic heterocycles. The minimum Gasteiger partial charge on any atom is -0.310 e. The minimum atomic E-state index is -0.163. The third-order valence-corrected chi connectivity index (χ3v) is 3.89. The molecule has 0 saturated heterocycles. The topological polar surface area (TPSA) is 29.9 Å². The number of aromatic nitrogens is 2. The van der Waals surface area contributed by atoms with Crippen LogP contribution in [0.1, 0.15) is 37.4 Å². The number of nitrogens with zero attached hydrogens (tertiary/aromatic N) is 2. The van der Waals surface area contributed by atoms with Gasteiger partial charge in [-0.25, -0.2) is 4.39 Å². The smallest absolute Gasteiger partial charge is 0.131 e. The third kappa shape index (κ3) is 3.32. The van der Waals surface area contributed by atoms with Crippen molar-refractivity contribution in [1.29, 1.82) is 0 Å². The fraction of sp³-hybridized carbons (Fsp3) is 0.471. The van der Waals surface area contributed by atoms with Gasteiger partial charge in [-0.15, -0.1) is 0 Å². The molecule has 112 valence electrons. The van der Waals surface area contributed by atoms with Crippen LogP contribution in [0.5, 0.6) is 0 Å². The van der Waals surface area contributed by atoms with Crippen LogP contribution in [0.15, 0.2) is 24.4 Å². The molecular formula is C17H22FN3. The molecular weight excluding hydrogens is 265 g/mol. The first-order valence-corrected chi connectivity index (χ1v) is 7.73. The molecule has 1 aliphatic rings. The number of nitrogens with one attached hydrogen (secondary N) is 1. The van der Waals surface area contributed by atoms with Crippen molar-refractivity contribution in [3.05, 3.63) is 41.5 Å². The SMILES string of the molecule is CCCn1cc(-c2ccc(CNC3CC3)cc2F)c(C)n1. The summed E-state index contributed by atoms with van der Waals surface area (Å²) in [6.45, 7) is 5.66. The van der Waals surface area contributed by atoms with Crippen molar-refractivity contribution in [2.75, 3.05) is 0 Å². The largest absolute Gasteiger partial charge is 0.310 e. The molecule has 0 atom stereocenters. The molecule has 1 aromatic carbocycles. The van der Waals surface area contributed by atoms with Crippen molar-refractivity contribution in [3.8, 4) is 11.1 Å². The average Bonchev–Trinajstić information content (AvgIpc) is 3.21. The molecule has 0 bridgehead atoms. The molecule has 1 N–H and O–H groups in total. The molecule has 1 aromatic heterocycles. The van der Waals surface area contributed by atoms with E-state index < -0.39 is 0 Å². The number of rotatable bonds is 6. The van der Waals surface area contributed by atoms with E-state index in [0.717, 1.165) is 36.3 Å². The molecule has 0 amide bonds. The highest BCUT2D eigenvalue weighted by Crippen LogP contribution is 2.27. The van der Waals surface area contributed by atoms with E-state index in [2.05, 4.69) is 17.3 Å². The summed E-state index contributed by atoms with van der Waals surface area (Å²) in [7, 11) is 0. The molecule has 2 aromatic rings. The summed E-state index contributed by atoms with van der Waals surface area (Å²) in [5, 5.41) is 7.85. The molecule has 1 fully saturated rings. The van der Waals surface area contributed by atoms with Gasteiger partial charge in [-0.1, -0.05) is 19.1 Å². The zero-order chi connectivity index (χ0) is 14.8. The fourth-order valence-electron chi connectivity index (χ4n) is 2.56. The van der Waals surface area contributed by atoms with Crippen LogP contribution in [0.2, 0.25) is 0 Å². The normalized spacial score (nSPS) is 14.6. The molecule has 3 rings (SSSR count). The molecule has 1 heterocycles. The Balaban J connectivity index is 1.80. The van der Waals surface area contributed by atoms with E-state index in [9.17, 15) is 4.39 Å². The fourth-order valence-corrected chi connectivity index (χ4v) is 2.56. The second kappa shape index (κ2) is 5.98. The first-order chi connectivity index (χ1) is 10.2. The van der Waals surface area contributed by atoms with E-state index in [1.807, 2.05) is 29.9 Å². The van der Waals surface area contributed by atoms with Crippen LogP contribution >= 0.6 is 0 Å². The lowest BCUT2D eigenvalue weighted by Crippen LogP contribution is -2.15. The molecule has 0 radical (unpaired) electrons. The maximum Gasteiger partial charge on any atom is 0.131 e. The molecule has 21 heavy (non-hydrogen) atoms. The highest BCUT2D eigenvalue weighted by atomic mass is 19.1. The minimum absolute atomic E-state index is 0.163. The average molecular weight is 287 g/mol. The predicted octanol–water partition coefficient (Wildman–Crippen LogP) is 3.66. The highest BCUT2D eigenvalue weighted by molar-refractivity contribution is 5.66. The third-order valence-electron chi connectivity index (χ3n) is 3.89. The summed E-state index contributed by atoms with van der Waals surface area (Å²) in [5.41, 5.74) is 3.42. The summed E-state index contributed by atoms with van der Waals surface area (Å²) < 4.78 is 16.3. The van der Waals surface area contributed by atoms with E-state index in [-0.39, 0.29) is 5.82 Å². The predicted molar refractivity (Wildman–Crippen MR) is 82.5 cm³/mol. The molecule has 3 nitrogen and oxygen atoms in total. The van der Waals surface area contributed by atoms with Crippen LogP contribution in [-0.4, -0.2) is 15.8 Å². The molecule has 0 spiro atoms. The number of hydrogen-bond acceptors (Lipinski definition) is 2. The van der Waals surface area contributed by atoms with Crippen molar-refractivity contribution in [2.24, 2.45) is 0 Å². The van der Waals surface area contributed by atoms with E-state index in [1.54, 1.807) is 6.07 Å². The van der Waals surface area contributed by atoms with E-state index in [0.29, 0.717) is 11.6 Å². The van der Waals surface area contributed by atoms with Crippen molar-refractivity contribution >= 4 is 0 Å². The van der Waals surface area contributed by atoms with Crippen LogP contribution in [0.4, 0.5) is 4.39 Å². The lowest BCUT2D eigenvalue weighted by atomic mass is 10.0. The van der Waals surface area contributed by atoms with Gasteiger partial charge in [-0.05, 0) is 37.8 Å². The molecule has 0 unspecified atom stereocenters. The van der Waals surface area contributed by atoms with Crippen LogP contribution in [0.25, 0.3) is 11.1 Å². The lowest BCUT2D eigenvalue weighted by molar-refractivity contribution is 0.598. The van der Waals surface area contributed by atoms with Gasteiger partial charge in [0.25, 0.3) is 0 Å². The zero-order valence-corrected chi connectivity index (χ0v) is 12.7. The van der Waals surface area contributed by atoms with Gasteiger partial charge < -0.3 is 5.32 Å². The van der Waals surface area contributed by atoms with Crippen molar-refractivity contribution in [2.45, 2.75) is 52.2 Å². The van der Waals surface area contributed by atoms with Gasteiger partial charge in [0.05, 0.1) is 5.69 Å². The van der Waals surface area contributed by atoms with E-state index in [4.69, 9.17) is 0 Å². The maximum absolute atomic E-state index is 14.4. The second-order valence-corrected chi connectivity index (χ2v) is 5.86. The number of hydrogen-bond donors (Lipinski definition) is 1. The quantitative estimate of drug-likeness (QED) is 0.878. The van der Waals surface area contributed by atoms with Crippen LogP contribution < -0.4 is 5.32 Å². The van der Waals surface area contributed by atoms with Crippen LogP contribution in [-0.2, 0) is 13.1 Å². The number of halogens is 1. The van der Waals surface area contributed by atoms with Gasteiger partial charge in [-0.2, -0.15) is 5.10 Å². The molecule has 4 heteroatoms. The van der Waals surface area contributed by atoms with Gasteiger partial charge in [0.15, 0.2) is 0 Å². The summed E-state index contributed by atoms with van der Waals surface area (Å²) in [6.07, 6.45) is 5.46. The van der Waals surface area contributed by atoms with Crippen LogP contribution in [0, 0.1) is 12.7 Å². The number of aryl methyl sites for hydroxylation is 2. The van der Waals surface area contributed by atoms with Gasteiger partial charge in [0.2, 0.25) is 0 Å².